The van der Waals surface area contributed by atoms with Gasteiger partial charge in [0.2, 0.25) is 0 Å². The van der Waals surface area contributed by atoms with Crippen LogP contribution in [0, 0.1) is 0 Å². The van der Waals surface area contributed by atoms with Crippen molar-refractivity contribution in [1.82, 2.24) is 4.90 Å². The molecule has 1 atom stereocenters. The Balaban J connectivity index is 1.70. The maximum Gasteiger partial charge on any atom is 0.417 e. The van der Waals surface area contributed by atoms with Gasteiger partial charge in [0.25, 0.3) is 0 Å². The number of likely N-dealkylation sites (tertiary alicyclic amines) is 1. The minimum Gasteiger partial charge on any atom is -0.456 e. The molecule has 1 saturated heterocycles. The summed E-state index contributed by atoms with van der Waals surface area (Å²) in [4.78, 5) is 27.3. The van der Waals surface area contributed by atoms with E-state index < -0.39 is 17.7 Å². The zero-order valence-corrected chi connectivity index (χ0v) is 20.4. The highest BCUT2D eigenvalue weighted by Crippen LogP contribution is 2.37. The van der Waals surface area contributed by atoms with E-state index in [0.29, 0.717) is 17.0 Å². The summed E-state index contributed by atoms with van der Waals surface area (Å²) < 4.78 is 11.0. The topological polar surface area (TPSA) is 67.9 Å². The molecule has 0 bridgehead atoms. The van der Waals surface area contributed by atoms with Gasteiger partial charge >= 0.3 is 12.1 Å². The van der Waals surface area contributed by atoms with E-state index in [1.807, 2.05) is 32.9 Å². The molecular formula is C27H36N2O4. The molecule has 0 radical (unpaired) electrons. The lowest BCUT2D eigenvalue weighted by molar-refractivity contribution is 0.00694. The first-order valence-corrected chi connectivity index (χ1v) is 11.7. The van der Waals surface area contributed by atoms with Crippen LogP contribution in [-0.2, 0) is 10.2 Å². The predicted molar refractivity (Wildman–Crippen MR) is 131 cm³/mol. The minimum absolute atomic E-state index is 0.0584. The predicted octanol–water partition coefficient (Wildman–Crippen LogP) is 6.02. The number of nitrogens with zero attached hydrogens (tertiary/aromatic N) is 1. The highest BCUT2D eigenvalue weighted by atomic mass is 16.6. The van der Waals surface area contributed by atoms with Gasteiger partial charge in [0.05, 0.1) is 5.56 Å². The molecule has 6 heteroatoms. The molecule has 1 amide bonds. The van der Waals surface area contributed by atoms with Gasteiger partial charge in [-0.2, -0.15) is 0 Å². The fraction of sp³-hybridized carbons (Fsp3) is 0.481. The van der Waals surface area contributed by atoms with Crippen molar-refractivity contribution in [2.45, 2.75) is 64.4 Å². The van der Waals surface area contributed by atoms with Crippen molar-refractivity contribution in [1.29, 1.82) is 0 Å². The Morgan fingerprint density at radius 3 is 2.58 bits per heavy atom. The van der Waals surface area contributed by atoms with Gasteiger partial charge < -0.3 is 14.4 Å². The van der Waals surface area contributed by atoms with Crippen LogP contribution in [0.2, 0.25) is 0 Å². The quantitative estimate of drug-likeness (QED) is 0.562. The van der Waals surface area contributed by atoms with Crippen molar-refractivity contribution in [2.24, 2.45) is 0 Å². The van der Waals surface area contributed by atoms with Crippen LogP contribution >= 0.6 is 0 Å². The van der Waals surface area contributed by atoms with Gasteiger partial charge in [-0.25, -0.2) is 9.59 Å². The molecule has 178 valence electrons. The third-order valence-electron chi connectivity index (χ3n) is 6.10. The summed E-state index contributed by atoms with van der Waals surface area (Å²) in [6.45, 7) is 9.78. The van der Waals surface area contributed by atoms with Crippen molar-refractivity contribution in [3.8, 4) is 5.75 Å². The summed E-state index contributed by atoms with van der Waals surface area (Å²) in [6, 6.07) is 14.5. The lowest BCUT2D eigenvalue weighted by atomic mass is 9.74. The fourth-order valence-corrected chi connectivity index (χ4v) is 4.45. The zero-order valence-electron chi connectivity index (χ0n) is 20.4. The van der Waals surface area contributed by atoms with Crippen LogP contribution < -0.4 is 10.1 Å². The van der Waals surface area contributed by atoms with E-state index in [1.165, 1.54) is 18.4 Å². The van der Waals surface area contributed by atoms with E-state index in [0.717, 1.165) is 25.9 Å². The molecule has 0 spiro atoms. The Kier molecular flexibility index (Phi) is 7.80. The standard InChI is InChI=1S/C27H36N2O4/c1-6-27(15-7-8-16-29(5)19-27)21-12-10-14-23(18-21)32-25(31)28-22-13-9-11-20(17-22)24(30)33-26(2,3)4/h9-14,17-18H,6-8,15-16,19H2,1-5H3,(H,28,31). The van der Waals surface area contributed by atoms with E-state index in [4.69, 9.17) is 9.47 Å². The van der Waals surface area contributed by atoms with Crippen molar-refractivity contribution >= 4 is 17.7 Å². The number of ether oxygens (including phenoxy) is 2. The summed E-state index contributed by atoms with van der Waals surface area (Å²) in [5.74, 6) is 0.0680. The smallest absolute Gasteiger partial charge is 0.417 e. The lowest BCUT2D eigenvalue weighted by Crippen LogP contribution is -2.37. The molecule has 0 aromatic heterocycles. The number of anilines is 1. The number of esters is 1. The molecule has 6 nitrogen and oxygen atoms in total. The van der Waals surface area contributed by atoms with Crippen molar-refractivity contribution in [3.05, 3.63) is 59.7 Å². The molecule has 1 aliphatic rings. The third-order valence-corrected chi connectivity index (χ3v) is 6.10. The van der Waals surface area contributed by atoms with Gasteiger partial charge in [0.15, 0.2) is 0 Å². The van der Waals surface area contributed by atoms with E-state index >= 15 is 0 Å². The average molecular weight is 453 g/mol. The number of hydrogen-bond acceptors (Lipinski definition) is 5. The second-order valence-electron chi connectivity index (χ2n) is 9.95. The van der Waals surface area contributed by atoms with E-state index in [2.05, 4.69) is 30.3 Å². The van der Waals surface area contributed by atoms with Gasteiger partial charge in [0.1, 0.15) is 11.4 Å². The fourth-order valence-electron chi connectivity index (χ4n) is 4.45. The number of benzene rings is 2. The van der Waals surface area contributed by atoms with Crippen LogP contribution in [0.4, 0.5) is 10.5 Å². The van der Waals surface area contributed by atoms with Crippen LogP contribution in [0.25, 0.3) is 0 Å². The van der Waals surface area contributed by atoms with Gasteiger partial charge in [-0.05, 0) is 89.5 Å². The first-order chi connectivity index (χ1) is 15.6. The normalized spacial score (nSPS) is 19.4. The van der Waals surface area contributed by atoms with Crippen LogP contribution in [-0.4, -0.2) is 42.7 Å². The summed E-state index contributed by atoms with van der Waals surface area (Å²) >= 11 is 0. The Labute approximate surface area is 197 Å². The molecule has 3 rings (SSSR count). The number of rotatable bonds is 5. The van der Waals surface area contributed by atoms with Crippen LogP contribution in [0.5, 0.6) is 5.75 Å². The second kappa shape index (κ2) is 10.4. The maximum absolute atomic E-state index is 12.6. The monoisotopic (exact) mass is 452 g/mol. The highest BCUT2D eigenvalue weighted by Gasteiger charge is 2.33. The highest BCUT2D eigenvalue weighted by molar-refractivity contribution is 5.93. The largest absolute Gasteiger partial charge is 0.456 e. The number of hydrogen-bond donors (Lipinski definition) is 1. The van der Waals surface area contributed by atoms with E-state index in [1.54, 1.807) is 30.3 Å². The molecule has 1 aliphatic heterocycles. The number of nitrogens with one attached hydrogen (secondary N) is 1. The molecule has 2 aromatic carbocycles. The Morgan fingerprint density at radius 1 is 1.09 bits per heavy atom. The number of amides is 1. The van der Waals surface area contributed by atoms with Crippen LogP contribution in [0.3, 0.4) is 0 Å². The maximum atomic E-state index is 12.6. The number of carbonyl (C=O) groups is 2. The molecule has 1 N–H and O–H groups in total. The van der Waals surface area contributed by atoms with Crippen molar-refractivity contribution in [3.63, 3.8) is 0 Å². The first-order valence-electron chi connectivity index (χ1n) is 11.7. The zero-order chi connectivity index (χ0) is 24.1. The Bertz CT molecular complexity index is 982. The molecule has 33 heavy (non-hydrogen) atoms. The minimum atomic E-state index is -0.600. The van der Waals surface area contributed by atoms with Crippen molar-refractivity contribution in [2.75, 3.05) is 25.5 Å². The van der Waals surface area contributed by atoms with Crippen molar-refractivity contribution < 1.29 is 19.1 Å². The second-order valence-corrected chi connectivity index (χ2v) is 9.95. The van der Waals surface area contributed by atoms with Crippen LogP contribution in [0.15, 0.2) is 48.5 Å². The number of likely N-dealkylation sites (N-methyl/N-ethyl adjacent to an activating group) is 1. The third kappa shape index (κ3) is 6.81. The lowest BCUT2D eigenvalue weighted by Gasteiger charge is -2.35. The van der Waals surface area contributed by atoms with Crippen LogP contribution in [0.1, 0.15) is 69.3 Å². The Hall–Kier alpha value is -2.86. The van der Waals surface area contributed by atoms with E-state index in [-0.39, 0.29) is 5.41 Å². The van der Waals surface area contributed by atoms with Gasteiger partial charge in [-0.15, -0.1) is 0 Å². The summed E-state index contributed by atoms with van der Waals surface area (Å²) in [7, 11) is 2.18. The number of carbonyl (C=O) groups excluding carboxylic acids is 2. The SMILES string of the molecule is CCC1(c2cccc(OC(=O)Nc3cccc(C(=O)OC(C)(C)C)c3)c2)CCCCN(C)C1. The molecular weight excluding hydrogens is 416 g/mol. The molecule has 1 fully saturated rings. The molecule has 2 aromatic rings. The molecule has 0 aliphatic carbocycles. The van der Waals surface area contributed by atoms with Gasteiger partial charge in [-0.1, -0.05) is 31.5 Å². The summed E-state index contributed by atoms with van der Waals surface area (Å²) in [6.07, 6.45) is 3.96. The average Bonchev–Trinajstić information content (AvgIpc) is 2.95. The molecule has 1 heterocycles. The van der Waals surface area contributed by atoms with Gasteiger partial charge in [-0.3, -0.25) is 5.32 Å². The molecule has 0 saturated carbocycles. The Morgan fingerprint density at radius 2 is 1.85 bits per heavy atom. The van der Waals surface area contributed by atoms with E-state index in [9.17, 15) is 9.59 Å². The summed E-state index contributed by atoms with van der Waals surface area (Å²) in [5.41, 5.74) is 1.51. The first kappa shape index (κ1) is 24.8. The summed E-state index contributed by atoms with van der Waals surface area (Å²) in [5, 5.41) is 2.71. The van der Waals surface area contributed by atoms with Gasteiger partial charge in [0, 0.05) is 17.6 Å². The molecule has 1 unspecified atom stereocenters.